The first-order chi connectivity index (χ1) is 6.58. The van der Waals surface area contributed by atoms with Crippen molar-refractivity contribution in [1.29, 1.82) is 0 Å². The third-order valence-corrected chi connectivity index (χ3v) is 5.83. The summed E-state index contributed by atoms with van der Waals surface area (Å²) in [6.07, 6.45) is 3.78. The second kappa shape index (κ2) is 2.60. The Morgan fingerprint density at radius 3 is 2.43 bits per heavy atom. The SMILES string of the molecule is [Li][CH2]C1(C)C2CCC1(C)C1(C2)OCO1. The zero-order valence-electron chi connectivity index (χ0n) is 9.43. The summed E-state index contributed by atoms with van der Waals surface area (Å²) in [5.74, 6) is 0.624. The van der Waals surface area contributed by atoms with Crippen LogP contribution >= 0.6 is 0 Å². The number of ether oxygens (including phenoxy) is 2. The van der Waals surface area contributed by atoms with Crippen molar-refractivity contribution in [3.05, 3.63) is 0 Å². The van der Waals surface area contributed by atoms with E-state index in [4.69, 9.17) is 9.47 Å². The van der Waals surface area contributed by atoms with Gasteiger partial charge in [-0.25, -0.2) is 0 Å². The molecule has 3 aliphatic rings. The van der Waals surface area contributed by atoms with E-state index in [1.807, 2.05) is 0 Å². The molecule has 14 heavy (non-hydrogen) atoms. The van der Waals surface area contributed by atoms with E-state index in [2.05, 4.69) is 31.6 Å². The van der Waals surface area contributed by atoms with Gasteiger partial charge in [0.15, 0.2) is 0 Å². The maximum atomic E-state index is 5.79. The van der Waals surface area contributed by atoms with Gasteiger partial charge < -0.3 is 0 Å². The van der Waals surface area contributed by atoms with Gasteiger partial charge in [-0.2, -0.15) is 0 Å². The second-order valence-electron chi connectivity index (χ2n) is 5.70. The van der Waals surface area contributed by atoms with Crippen LogP contribution in [0.15, 0.2) is 0 Å². The Balaban J connectivity index is 2.05. The fraction of sp³-hybridized carbons (Fsp3) is 1.00. The van der Waals surface area contributed by atoms with Gasteiger partial charge in [-0.3, -0.25) is 0 Å². The Bertz CT molecular complexity index is 276. The van der Waals surface area contributed by atoms with Crippen LogP contribution in [0.25, 0.3) is 0 Å². The molecule has 2 aliphatic carbocycles. The van der Waals surface area contributed by atoms with Crippen LogP contribution in [0.3, 0.4) is 0 Å². The Morgan fingerprint density at radius 2 is 2.07 bits per heavy atom. The fourth-order valence-corrected chi connectivity index (χ4v) is 4.34. The van der Waals surface area contributed by atoms with Crippen LogP contribution in [-0.2, 0) is 9.47 Å². The third kappa shape index (κ3) is 0.767. The van der Waals surface area contributed by atoms with Crippen LogP contribution in [0, 0.1) is 16.7 Å². The van der Waals surface area contributed by atoms with Crippen LogP contribution in [0.2, 0.25) is 5.09 Å². The Labute approximate surface area is 94.9 Å². The van der Waals surface area contributed by atoms with Gasteiger partial charge in [0, 0.05) is 0 Å². The predicted octanol–water partition coefficient (Wildman–Crippen LogP) is 2.10. The summed E-state index contributed by atoms with van der Waals surface area (Å²) >= 11 is 2.31. The van der Waals surface area contributed by atoms with E-state index in [0.29, 0.717) is 12.2 Å². The first kappa shape index (κ1) is 9.72. The van der Waals surface area contributed by atoms with E-state index in [-0.39, 0.29) is 11.2 Å². The standard InChI is InChI=1S/C11H17O2.Li/c1-9(2)8-4-5-10(9,3)11(6-8)12-7-13-11;/h8H,1,4-7H2,2-3H3;. The van der Waals surface area contributed by atoms with Gasteiger partial charge >= 0.3 is 94.7 Å². The quantitative estimate of drug-likeness (QED) is 0.587. The van der Waals surface area contributed by atoms with Crippen molar-refractivity contribution in [2.75, 3.05) is 6.79 Å². The summed E-state index contributed by atoms with van der Waals surface area (Å²) in [5.41, 5.74) is 0.699. The van der Waals surface area contributed by atoms with Crippen molar-refractivity contribution in [2.24, 2.45) is 16.7 Å². The summed E-state index contributed by atoms with van der Waals surface area (Å²) in [4.78, 5) is 0. The normalized spacial score (nSPS) is 53.9. The molecule has 2 bridgehead atoms. The van der Waals surface area contributed by atoms with Gasteiger partial charge in [-0.05, 0) is 0 Å². The van der Waals surface area contributed by atoms with Gasteiger partial charge in [0.05, 0.1) is 0 Å². The molecule has 2 saturated carbocycles. The van der Waals surface area contributed by atoms with Crippen molar-refractivity contribution in [1.82, 2.24) is 0 Å². The average Bonchev–Trinajstić information content (AvgIpc) is 2.48. The molecule has 3 unspecified atom stereocenters. The first-order valence-corrected chi connectivity index (χ1v) is 5.86. The van der Waals surface area contributed by atoms with E-state index in [1.165, 1.54) is 17.9 Å². The molecule has 3 atom stereocenters. The summed E-state index contributed by atoms with van der Waals surface area (Å²) in [6.45, 7) is 5.33. The van der Waals surface area contributed by atoms with Crippen molar-refractivity contribution >= 4 is 17.7 Å². The molecule has 74 valence electrons. The van der Waals surface area contributed by atoms with E-state index in [9.17, 15) is 0 Å². The van der Waals surface area contributed by atoms with E-state index in [1.54, 1.807) is 0 Å². The molecule has 0 amide bonds. The number of rotatable bonds is 1. The van der Waals surface area contributed by atoms with Gasteiger partial charge in [-0.1, -0.05) is 0 Å². The molecular weight excluding hydrogens is 171 g/mol. The molecule has 0 aromatic carbocycles. The van der Waals surface area contributed by atoms with Crippen molar-refractivity contribution < 1.29 is 9.47 Å². The number of fused-ring (bicyclic) bond motifs is 3. The maximum absolute atomic E-state index is 5.79. The van der Waals surface area contributed by atoms with Crippen molar-refractivity contribution in [3.8, 4) is 0 Å². The van der Waals surface area contributed by atoms with Crippen LogP contribution < -0.4 is 0 Å². The molecule has 2 nitrogen and oxygen atoms in total. The number of hydrogen-bond donors (Lipinski definition) is 0. The minimum atomic E-state index is -0.194. The second-order valence-corrected chi connectivity index (χ2v) is 5.70. The van der Waals surface area contributed by atoms with Gasteiger partial charge in [-0.15, -0.1) is 0 Å². The van der Waals surface area contributed by atoms with E-state index >= 15 is 0 Å². The molecule has 1 saturated heterocycles. The summed E-state index contributed by atoms with van der Waals surface area (Å²) < 4.78 is 11.6. The molecule has 0 aromatic rings. The first-order valence-electron chi connectivity index (χ1n) is 5.86. The zero-order valence-corrected chi connectivity index (χ0v) is 9.43. The topological polar surface area (TPSA) is 18.5 Å². The Kier molecular flexibility index (Phi) is 1.81. The average molecular weight is 188 g/mol. The van der Waals surface area contributed by atoms with Crippen LogP contribution in [-0.4, -0.2) is 30.3 Å². The molecule has 3 heteroatoms. The van der Waals surface area contributed by atoms with Crippen molar-refractivity contribution in [3.63, 3.8) is 0 Å². The fourth-order valence-electron chi connectivity index (χ4n) is 4.34. The van der Waals surface area contributed by atoms with Crippen LogP contribution in [0.4, 0.5) is 0 Å². The Hall–Kier alpha value is 0.517. The molecule has 1 spiro atoms. The number of hydrogen-bond acceptors (Lipinski definition) is 2. The van der Waals surface area contributed by atoms with Crippen LogP contribution in [0.1, 0.15) is 33.1 Å². The third-order valence-electron chi connectivity index (χ3n) is 5.83. The van der Waals surface area contributed by atoms with Crippen molar-refractivity contribution in [2.45, 2.75) is 44.0 Å². The molecule has 1 heterocycles. The van der Waals surface area contributed by atoms with Gasteiger partial charge in [0.25, 0.3) is 0 Å². The minimum absolute atomic E-state index is 0.194. The molecule has 3 rings (SSSR count). The van der Waals surface area contributed by atoms with Gasteiger partial charge in [0.1, 0.15) is 0 Å². The van der Waals surface area contributed by atoms with Crippen LogP contribution in [0.5, 0.6) is 0 Å². The molecule has 3 fully saturated rings. The van der Waals surface area contributed by atoms with E-state index in [0.717, 1.165) is 12.3 Å². The predicted molar refractivity (Wildman–Crippen MR) is 53.9 cm³/mol. The summed E-state index contributed by atoms with van der Waals surface area (Å²) in [6, 6.07) is 0. The molecular formula is C11H17LiO2. The molecule has 0 radical (unpaired) electrons. The van der Waals surface area contributed by atoms with Gasteiger partial charge in [0.2, 0.25) is 0 Å². The molecule has 1 aliphatic heterocycles. The zero-order chi connectivity index (χ0) is 10.0. The monoisotopic (exact) mass is 188 g/mol. The molecule has 0 aromatic heterocycles. The summed E-state index contributed by atoms with van der Waals surface area (Å²) in [7, 11) is 0. The molecule has 0 N–H and O–H groups in total. The van der Waals surface area contributed by atoms with E-state index < -0.39 is 0 Å². The Morgan fingerprint density at radius 1 is 1.36 bits per heavy atom. The summed E-state index contributed by atoms with van der Waals surface area (Å²) in [5, 5.41) is 1.25.